The van der Waals surface area contributed by atoms with Crippen LogP contribution >= 0.6 is 7.26 Å². The first-order chi connectivity index (χ1) is 43.8. The fraction of sp³-hybridized carbons (Fsp3) is 0.310. The van der Waals surface area contributed by atoms with Crippen molar-refractivity contribution in [2.75, 3.05) is 26.4 Å². The van der Waals surface area contributed by atoms with Crippen molar-refractivity contribution < 1.29 is 45.4 Å². The number of rotatable bonds is 29. The van der Waals surface area contributed by atoms with Crippen LogP contribution in [0.3, 0.4) is 0 Å². The summed E-state index contributed by atoms with van der Waals surface area (Å²) in [5.74, 6) is 1.06. The van der Waals surface area contributed by atoms with Crippen LogP contribution in [0.15, 0.2) is 245 Å². The molecule has 0 amide bonds. The third-order valence-electron chi connectivity index (χ3n) is 18.0. The molecule has 0 spiro atoms. The standard InChI is InChI=1S/C84H92O2P.2Os/c1-8-12-15-17-19-24-35-71(36-25-20-18-16-13-9-2)84-82-56-68(33-14-10-3)50-54-80(82)81-55-51-69(57-83(81)84)34-32-37-74-61-86-63-76(74)58-72(64(5)6)52-48-66-44-46-67(47-45-66)49-53-73(59-75-62-85-60-70(75)11-4)65(7)87(77-38-26-21-27-39-77,78-40-28-22-29-41-78)79-42-30-23-31-43-79;;/h11,14,21-23,26-34,37-59,71,84H,8-10,12-13,15-20,24-25,35-36,60-63H2,1-5H3;;/q+1;;/b33-14+,34-32+,52-48+,53-49+,70-11?,72-64?,73-65?,74-37?,75-59?,76-58?;;. The van der Waals surface area contributed by atoms with Crippen molar-refractivity contribution in [1.82, 2.24) is 0 Å². The Labute approximate surface area is 555 Å². The van der Waals surface area contributed by atoms with Gasteiger partial charge < -0.3 is 0 Å². The molecule has 0 saturated carbocycles. The van der Waals surface area contributed by atoms with Crippen molar-refractivity contribution in [1.29, 1.82) is 0 Å². The molecule has 2 aliphatic heterocycles. The van der Waals surface area contributed by atoms with Gasteiger partial charge in [0.15, 0.2) is 0 Å². The van der Waals surface area contributed by atoms with Gasteiger partial charge in [-0.1, -0.05) is 128 Å². The topological polar surface area (TPSA) is 18.5 Å². The first-order valence-corrected chi connectivity index (χ1v) is 37.4. The molecule has 2 saturated heterocycles. The zero-order valence-electron chi connectivity index (χ0n) is 53.4. The summed E-state index contributed by atoms with van der Waals surface area (Å²) in [6.07, 6.45) is 47.2. The summed E-state index contributed by atoms with van der Waals surface area (Å²) < 4.78 is 19.6. The molecule has 0 N–H and O–H groups in total. The van der Waals surface area contributed by atoms with E-state index in [4.69, 9.17) is 9.47 Å². The molecule has 0 radical (unpaired) electrons. The Morgan fingerprint density at radius 2 is 0.955 bits per heavy atom. The van der Waals surface area contributed by atoms with Crippen molar-refractivity contribution >= 4 is 47.5 Å². The van der Waals surface area contributed by atoms with Gasteiger partial charge in [-0.25, -0.2) is 0 Å². The predicted molar refractivity (Wildman–Crippen MR) is 378 cm³/mol. The summed E-state index contributed by atoms with van der Waals surface area (Å²) in [6, 6.07) is 56.8. The van der Waals surface area contributed by atoms with Gasteiger partial charge in [-0.15, -0.1) is 0 Å². The van der Waals surface area contributed by atoms with Crippen LogP contribution in [-0.2, 0) is 45.4 Å². The minimum atomic E-state index is -2.45. The number of hydrogen-bond donors (Lipinski definition) is 0. The second kappa shape index (κ2) is 35.5. The number of hydrogen-bond acceptors (Lipinski definition) is 2. The molecule has 2 nitrogen and oxygen atoms in total. The fourth-order valence-electron chi connectivity index (χ4n) is 13.1. The van der Waals surface area contributed by atoms with Crippen molar-refractivity contribution in [3.8, 4) is 19.9 Å². The van der Waals surface area contributed by atoms with Gasteiger partial charge in [0.05, 0.1) is 0 Å². The zero-order chi connectivity index (χ0) is 62.1. The number of ether oxygens (including phenoxy) is 2. The molecule has 460 valence electrons. The molecule has 6 aromatic rings. The summed E-state index contributed by atoms with van der Waals surface area (Å²) in [5.41, 5.74) is 19.1. The number of unbranched alkanes of at least 4 members (excludes halogenated alkanes) is 10. The van der Waals surface area contributed by atoms with Gasteiger partial charge in [0.2, 0.25) is 0 Å². The van der Waals surface area contributed by atoms with E-state index in [9.17, 15) is 0 Å². The normalized spacial score (nSPS) is 17.5. The summed E-state index contributed by atoms with van der Waals surface area (Å²) in [6.45, 7) is 13.5. The number of fused-ring (bicyclic) bond motifs is 3. The van der Waals surface area contributed by atoms with Gasteiger partial charge in [-0.3, -0.25) is 0 Å². The Bertz CT molecular complexity index is 3610. The van der Waals surface area contributed by atoms with Crippen molar-refractivity contribution in [3.05, 3.63) is 278 Å². The maximum atomic E-state index is 6.18. The first-order valence-electron chi connectivity index (χ1n) is 33.1. The van der Waals surface area contributed by atoms with Crippen LogP contribution < -0.4 is 15.9 Å². The molecule has 0 bridgehead atoms. The molecule has 1 unspecified atom stereocenters. The Morgan fingerprint density at radius 3 is 1.45 bits per heavy atom. The minimum absolute atomic E-state index is 0.420. The molecule has 9 rings (SSSR count). The second-order valence-electron chi connectivity index (χ2n) is 24.1. The van der Waals surface area contributed by atoms with Crippen molar-refractivity contribution in [3.63, 3.8) is 0 Å². The molecule has 2 heterocycles. The van der Waals surface area contributed by atoms with Crippen LogP contribution in [0.1, 0.15) is 170 Å². The van der Waals surface area contributed by atoms with Gasteiger partial charge in [0, 0.05) is 5.92 Å². The van der Waals surface area contributed by atoms with E-state index in [2.05, 4.69) is 268 Å². The quantitative estimate of drug-likeness (QED) is 0.0265. The molecule has 0 aromatic heterocycles. The van der Waals surface area contributed by atoms with Crippen LogP contribution in [0, 0.1) is 14.7 Å². The van der Waals surface area contributed by atoms with Crippen LogP contribution in [0.25, 0.3) is 35.4 Å². The van der Waals surface area contributed by atoms with E-state index >= 15 is 0 Å². The number of benzene rings is 6. The van der Waals surface area contributed by atoms with Gasteiger partial charge in [0.25, 0.3) is 0 Å². The Kier molecular flexibility index (Phi) is 26.8. The SMILES string of the molecule is CC=C1COCC1=CC(/C=C/c1ccc(/C=C/C(C=C2COCC2=C/C=C/c2ccc3c(c2)C(C(CCCCCCCC)CCCCCCCC)c2cc(/C=C/CC)ccc2-3)=C(C)[C]#[Os])cc1)=C([C]#[Os])[P+](c1ccccc1)(c1ccccc1)c1ccccc1. The molecular weight excluding hydrogens is 1450 g/mol. The van der Waals surface area contributed by atoms with Gasteiger partial charge in [0.1, 0.15) is 0 Å². The molecule has 5 heteroatoms. The van der Waals surface area contributed by atoms with E-state index in [-0.39, 0.29) is 0 Å². The third-order valence-corrected chi connectivity index (χ3v) is 24.3. The van der Waals surface area contributed by atoms with Crippen LogP contribution in [-0.4, -0.2) is 26.4 Å². The van der Waals surface area contributed by atoms with E-state index in [1.165, 1.54) is 161 Å². The van der Waals surface area contributed by atoms with E-state index in [1.807, 2.05) is 17.9 Å². The second-order valence-corrected chi connectivity index (χ2v) is 28.7. The summed E-state index contributed by atoms with van der Waals surface area (Å²) in [7, 11) is -2.45. The Morgan fingerprint density at radius 1 is 0.506 bits per heavy atom. The van der Waals surface area contributed by atoms with Crippen LogP contribution in [0.5, 0.6) is 0 Å². The fourth-order valence-corrected chi connectivity index (χ4v) is 19.3. The molecule has 89 heavy (non-hydrogen) atoms. The van der Waals surface area contributed by atoms with E-state index < -0.39 is 7.26 Å². The van der Waals surface area contributed by atoms with E-state index in [0.717, 1.165) is 34.3 Å². The Balaban J connectivity index is 0.971. The Hall–Kier alpha value is -6.10. The van der Waals surface area contributed by atoms with Gasteiger partial charge in [-0.05, 0) is 47.4 Å². The van der Waals surface area contributed by atoms with Crippen LogP contribution in [0.4, 0.5) is 0 Å². The van der Waals surface area contributed by atoms with Crippen molar-refractivity contribution in [2.24, 2.45) is 5.92 Å². The molecule has 1 atom stereocenters. The monoisotopic (exact) mass is 1550 g/mol. The predicted octanol–water partition coefficient (Wildman–Crippen LogP) is 21.4. The van der Waals surface area contributed by atoms with Crippen molar-refractivity contribution in [2.45, 2.75) is 137 Å². The molecule has 3 aliphatic rings. The van der Waals surface area contributed by atoms with E-state index in [0.29, 0.717) is 38.3 Å². The zero-order valence-corrected chi connectivity index (χ0v) is 59.4. The first kappa shape index (κ1) is 67.3. The average molecular weight is 1550 g/mol. The number of allylic oxidation sites excluding steroid dienone is 12. The molecule has 6 aromatic carbocycles. The van der Waals surface area contributed by atoms with E-state index in [1.54, 1.807) is 23.5 Å². The third kappa shape index (κ3) is 17.7. The van der Waals surface area contributed by atoms with Crippen LogP contribution in [0.2, 0.25) is 0 Å². The maximum absolute atomic E-state index is 6.18. The summed E-state index contributed by atoms with van der Waals surface area (Å²) >= 11 is 3.60. The molecular formula is C84H92O2Os2P+. The summed E-state index contributed by atoms with van der Waals surface area (Å²) in [4.78, 5) is 0. The van der Waals surface area contributed by atoms with Gasteiger partial charge >= 0.3 is 378 Å². The molecule has 1 aliphatic carbocycles. The van der Waals surface area contributed by atoms with Gasteiger partial charge in [-0.2, -0.15) is 0 Å². The molecule has 2 fully saturated rings. The average Bonchev–Trinajstić information content (AvgIpc) is 1.77. The summed E-state index contributed by atoms with van der Waals surface area (Å²) in [5, 5.41) is 5.09.